The zero-order valence-electron chi connectivity index (χ0n) is 20.6. The second kappa shape index (κ2) is 10.2. The average molecular weight is 494 g/mol. The number of fused-ring (bicyclic) bond motifs is 1. The van der Waals surface area contributed by atoms with Gasteiger partial charge >= 0.3 is 5.92 Å². The molecule has 0 radical (unpaired) electrons. The van der Waals surface area contributed by atoms with Crippen LogP contribution in [0.4, 0.5) is 19.0 Å². The van der Waals surface area contributed by atoms with Crippen LogP contribution in [-0.4, -0.2) is 48.1 Å². The van der Waals surface area contributed by atoms with Gasteiger partial charge in [-0.15, -0.1) is 0 Å². The van der Waals surface area contributed by atoms with Crippen LogP contribution in [0.3, 0.4) is 0 Å². The number of hydrogen-bond acceptors (Lipinski definition) is 7. The molecule has 1 atom stereocenters. The fourth-order valence-electron chi connectivity index (χ4n) is 3.58. The number of ether oxygens (including phenoxy) is 3. The topological polar surface area (TPSA) is 85.7 Å². The van der Waals surface area contributed by atoms with E-state index < -0.39 is 28.9 Å². The maximum Gasteiger partial charge on any atom is 0.300 e. The smallest absolute Gasteiger partial charge is 0.300 e. The highest BCUT2D eigenvalue weighted by Crippen LogP contribution is 2.40. The van der Waals surface area contributed by atoms with Crippen molar-refractivity contribution in [1.29, 1.82) is 0 Å². The second-order valence-electron chi connectivity index (χ2n) is 8.72. The standard InChI is InChI=1S/C25H30F3N3O4/c1-14(17-11-16(7-8-19(17)26)25(27,28)24(3,4)32)29-23-18-12-22(35-10-9-33-5)21(34-6)13-20(18)30-15(2)31-23/h7-8,11-14,32H,9-10H2,1-6H3,(H,29,30,31). The molecule has 0 saturated carbocycles. The lowest BCUT2D eigenvalue weighted by atomic mass is 9.91. The summed E-state index contributed by atoms with van der Waals surface area (Å²) in [6, 6.07) is 5.66. The molecule has 0 aliphatic carbocycles. The quantitative estimate of drug-likeness (QED) is 0.378. The third-order valence-electron chi connectivity index (χ3n) is 5.58. The molecule has 35 heavy (non-hydrogen) atoms. The monoisotopic (exact) mass is 493 g/mol. The van der Waals surface area contributed by atoms with Gasteiger partial charge in [0.05, 0.1) is 25.3 Å². The van der Waals surface area contributed by atoms with Gasteiger partial charge in [0, 0.05) is 29.7 Å². The number of aliphatic hydroxyl groups is 1. The predicted octanol–water partition coefficient (Wildman–Crippen LogP) is 5.15. The van der Waals surface area contributed by atoms with Gasteiger partial charge in [0.2, 0.25) is 0 Å². The van der Waals surface area contributed by atoms with Gasteiger partial charge in [-0.25, -0.2) is 14.4 Å². The maximum absolute atomic E-state index is 14.7. The van der Waals surface area contributed by atoms with Crippen LogP contribution in [0.15, 0.2) is 30.3 Å². The summed E-state index contributed by atoms with van der Waals surface area (Å²) in [4.78, 5) is 8.89. The van der Waals surface area contributed by atoms with Gasteiger partial charge in [0.25, 0.3) is 0 Å². The Balaban J connectivity index is 2.02. The number of alkyl halides is 2. The van der Waals surface area contributed by atoms with Crippen LogP contribution >= 0.6 is 0 Å². The van der Waals surface area contributed by atoms with Crippen LogP contribution in [-0.2, 0) is 10.7 Å². The number of aromatic nitrogens is 2. The lowest BCUT2D eigenvalue weighted by Gasteiger charge is -2.30. The first kappa shape index (κ1) is 26.5. The minimum atomic E-state index is -3.58. The first-order chi connectivity index (χ1) is 16.4. The molecular formula is C25H30F3N3O4. The number of methoxy groups -OCH3 is 2. The van der Waals surface area contributed by atoms with E-state index in [1.165, 1.54) is 7.11 Å². The zero-order valence-corrected chi connectivity index (χ0v) is 20.6. The van der Waals surface area contributed by atoms with Crippen LogP contribution < -0.4 is 14.8 Å². The summed E-state index contributed by atoms with van der Waals surface area (Å²) < 4.78 is 60.3. The molecule has 1 heterocycles. The minimum absolute atomic E-state index is 0.000852. The van der Waals surface area contributed by atoms with E-state index in [4.69, 9.17) is 14.2 Å². The predicted molar refractivity (Wildman–Crippen MR) is 127 cm³/mol. The molecule has 0 bridgehead atoms. The summed E-state index contributed by atoms with van der Waals surface area (Å²) in [5, 5.41) is 13.6. The van der Waals surface area contributed by atoms with Crippen LogP contribution in [0.1, 0.15) is 43.8 Å². The van der Waals surface area contributed by atoms with Crippen LogP contribution in [0.25, 0.3) is 10.9 Å². The van der Waals surface area contributed by atoms with E-state index in [0.717, 1.165) is 32.0 Å². The van der Waals surface area contributed by atoms with Gasteiger partial charge < -0.3 is 24.6 Å². The molecule has 0 spiro atoms. The summed E-state index contributed by atoms with van der Waals surface area (Å²) in [5.41, 5.74) is -2.25. The summed E-state index contributed by atoms with van der Waals surface area (Å²) in [6.07, 6.45) is 0. The second-order valence-corrected chi connectivity index (χ2v) is 8.72. The molecule has 0 saturated heterocycles. The Morgan fingerprint density at radius 3 is 2.40 bits per heavy atom. The summed E-state index contributed by atoms with van der Waals surface area (Å²) >= 11 is 0. The number of halogens is 3. The van der Waals surface area contributed by atoms with Crippen molar-refractivity contribution in [3.8, 4) is 11.5 Å². The first-order valence-corrected chi connectivity index (χ1v) is 11.0. The lowest BCUT2D eigenvalue weighted by molar-refractivity contribution is -0.168. The van der Waals surface area contributed by atoms with E-state index in [-0.39, 0.29) is 12.2 Å². The highest BCUT2D eigenvalue weighted by molar-refractivity contribution is 5.92. The molecule has 1 aromatic heterocycles. The third-order valence-corrected chi connectivity index (χ3v) is 5.58. The molecule has 2 N–H and O–H groups in total. The SMILES string of the molecule is COCCOc1cc2c(NC(C)c3cc(C(F)(F)C(C)(C)O)ccc3F)nc(C)nc2cc1OC. The van der Waals surface area contributed by atoms with Crippen LogP contribution in [0.5, 0.6) is 11.5 Å². The average Bonchev–Trinajstić information content (AvgIpc) is 2.78. The van der Waals surface area contributed by atoms with Crippen molar-refractivity contribution in [2.45, 2.75) is 45.3 Å². The molecule has 7 nitrogen and oxygen atoms in total. The third kappa shape index (κ3) is 5.59. The number of anilines is 1. The minimum Gasteiger partial charge on any atom is -0.493 e. The fraction of sp³-hybridized carbons (Fsp3) is 0.440. The first-order valence-electron chi connectivity index (χ1n) is 11.0. The van der Waals surface area contributed by atoms with Gasteiger partial charge in [-0.05, 0) is 45.9 Å². The Hall–Kier alpha value is -3.11. The Labute approximate surface area is 202 Å². The number of aryl methyl sites for hydroxylation is 1. The maximum atomic E-state index is 14.7. The van der Waals surface area contributed by atoms with E-state index >= 15 is 0 Å². The van der Waals surface area contributed by atoms with Crippen LogP contribution in [0, 0.1) is 12.7 Å². The Morgan fingerprint density at radius 2 is 1.77 bits per heavy atom. The van der Waals surface area contributed by atoms with E-state index in [1.54, 1.807) is 33.1 Å². The van der Waals surface area contributed by atoms with E-state index in [2.05, 4.69) is 15.3 Å². The van der Waals surface area contributed by atoms with Crippen molar-refractivity contribution in [3.05, 3.63) is 53.1 Å². The largest absolute Gasteiger partial charge is 0.493 e. The fourth-order valence-corrected chi connectivity index (χ4v) is 3.58. The number of hydrogen-bond donors (Lipinski definition) is 2. The zero-order chi connectivity index (χ0) is 26.0. The molecule has 0 aliphatic rings. The Bertz CT molecular complexity index is 1200. The molecule has 0 amide bonds. The van der Waals surface area contributed by atoms with Crippen molar-refractivity contribution in [1.82, 2.24) is 9.97 Å². The molecule has 0 fully saturated rings. The Morgan fingerprint density at radius 1 is 1.06 bits per heavy atom. The lowest BCUT2D eigenvalue weighted by Crippen LogP contribution is -2.40. The summed E-state index contributed by atoms with van der Waals surface area (Å²) in [7, 11) is 3.07. The van der Waals surface area contributed by atoms with Crippen molar-refractivity contribution in [2.24, 2.45) is 0 Å². The number of nitrogens with zero attached hydrogens (tertiary/aromatic N) is 2. The van der Waals surface area contributed by atoms with Gasteiger partial charge in [-0.2, -0.15) is 8.78 Å². The molecular weight excluding hydrogens is 463 g/mol. The summed E-state index contributed by atoms with van der Waals surface area (Å²) in [5.74, 6) is -2.52. The number of rotatable bonds is 10. The highest BCUT2D eigenvalue weighted by atomic mass is 19.3. The normalized spacial score (nSPS) is 13.1. The van der Waals surface area contributed by atoms with Crippen molar-refractivity contribution in [3.63, 3.8) is 0 Å². The molecule has 0 aliphatic heterocycles. The van der Waals surface area contributed by atoms with Gasteiger partial charge in [0.1, 0.15) is 29.7 Å². The van der Waals surface area contributed by atoms with E-state index in [0.29, 0.717) is 40.7 Å². The van der Waals surface area contributed by atoms with E-state index in [9.17, 15) is 18.3 Å². The van der Waals surface area contributed by atoms with Crippen molar-refractivity contribution in [2.75, 3.05) is 32.8 Å². The molecule has 2 aromatic carbocycles. The summed E-state index contributed by atoms with van der Waals surface area (Å²) in [6.45, 7) is 6.02. The number of benzene rings is 2. The molecule has 3 aromatic rings. The van der Waals surface area contributed by atoms with Gasteiger partial charge in [0.15, 0.2) is 11.5 Å². The van der Waals surface area contributed by atoms with Gasteiger partial charge in [-0.1, -0.05) is 6.07 Å². The van der Waals surface area contributed by atoms with E-state index in [1.807, 2.05) is 0 Å². The van der Waals surface area contributed by atoms with Crippen molar-refractivity contribution < 1.29 is 32.5 Å². The van der Waals surface area contributed by atoms with Crippen LogP contribution in [0.2, 0.25) is 0 Å². The van der Waals surface area contributed by atoms with Gasteiger partial charge in [-0.3, -0.25) is 0 Å². The highest BCUT2D eigenvalue weighted by Gasteiger charge is 2.47. The molecule has 190 valence electrons. The molecule has 10 heteroatoms. The number of nitrogens with one attached hydrogen (secondary N) is 1. The molecule has 1 unspecified atom stereocenters. The Kier molecular flexibility index (Phi) is 7.76. The molecule has 3 rings (SSSR count). The van der Waals surface area contributed by atoms with Crippen molar-refractivity contribution >= 4 is 16.7 Å².